The standard InChI is InChI=1S/C17H11FINO3/c18-14-9-10(19)5-6-13(14)15(21)7-8-20-16(22)11-3-1-2-4-12(11)17(20)23/h1-6,9H,7-8H2. The highest BCUT2D eigenvalue weighted by atomic mass is 127. The van der Waals surface area contributed by atoms with Gasteiger partial charge in [0, 0.05) is 16.5 Å². The van der Waals surface area contributed by atoms with Gasteiger partial charge >= 0.3 is 0 Å². The lowest BCUT2D eigenvalue weighted by Crippen LogP contribution is -2.32. The highest BCUT2D eigenvalue weighted by Gasteiger charge is 2.35. The number of hydrogen-bond donors (Lipinski definition) is 0. The Hall–Kier alpha value is -2.09. The molecule has 0 N–H and O–H groups in total. The van der Waals surface area contributed by atoms with Crippen LogP contribution >= 0.6 is 22.6 Å². The molecule has 2 amide bonds. The fourth-order valence-electron chi connectivity index (χ4n) is 2.51. The van der Waals surface area contributed by atoms with Crippen molar-refractivity contribution < 1.29 is 18.8 Å². The minimum atomic E-state index is -0.593. The summed E-state index contributed by atoms with van der Waals surface area (Å²) in [5, 5.41) is 0. The molecule has 0 saturated carbocycles. The fraction of sp³-hybridized carbons (Fsp3) is 0.118. The third kappa shape index (κ3) is 2.90. The Morgan fingerprint density at radius 1 is 1.04 bits per heavy atom. The number of rotatable bonds is 4. The van der Waals surface area contributed by atoms with Crippen LogP contribution in [0, 0.1) is 9.39 Å². The monoisotopic (exact) mass is 423 g/mol. The largest absolute Gasteiger partial charge is 0.294 e. The van der Waals surface area contributed by atoms with Crippen LogP contribution < -0.4 is 0 Å². The molecule has 1 aliphatic rings. The minimum absolute atomic E-state index is 0.0259. The molecule has 23 heavy (non-hydrogen) atoms. The second-order valence-electron chi connectivity index (χ2n) is 5.10. The molecule has 2 aromatic carbocycles. The Bertz CT molecular complexity index is 799. The Morgan fingerprint density at radius 2 is 1.65 bits per heavy atom. The minimum Gasteiger partial charge on any atom is -0.294 e. The molecule has 0 radical (unpaired) electrons. The molecule has 4 nitrogen and oxygen atoms in total. The number of amides is 2. The van der Waals surface area contributed by atoms with Gasteiger partial charge in [-0.3, -0.25) is 19.3 Å². The number of hydrogen-bond acceptors (Lipinski definition) is 3. The van der Waals surface area contributed by atoms with Crippen molar-refractivity contribution in [1.29, 1.82) is 0 Å². The zero-order valence-corrected chi connectivity index (χ0v) is 14.0. The van der Waals surface area contributed by atoms with Crippen LogP contribution in [0.4, 0.5) is 4.39 Å². The van der Waals surface area contributed by atoms with E-state index < -0.39 is 23.4 Å². The summed E-state index contributed by atoms with van der Waals surface area (Å²) in [6.45, 7) is -0.0589. The number of benzene rings is 2. The van der Waals surface area contributed by atoms with E-state index in [0.29, 0.717) is 14.7 Å². The molecule has 3 rings (SSSR count). The molecule has 0 aromatic heterocycles. The molecule has 0 aliphatic carbocycles. The molecule has 0 atom stereocenters. The summed E-state index contributed by atoms with van der Waals surface area (Å²) < 4.78 is 14.5. The molecule has 116 valence electrons. The number of Topliss-reactive ketones (excluding diaryl/α,β-unsaturated/α-hetero) is 1. The van der Waals surface area contributed by atoms with Gasteiger partial charge in [-0.25, -0.2) is 4.39 Å². The predicted molar refractivity (Wildman–Crippen MR) is 89.9 cm³/mol. The Balaban J connectivity index is 1.73. The maximum Gasteiger partial charge on any atom is 0.261 e. The summed E-state index contributed by atoms with van der Waals surface area (Å²) in [7, 11) is 0. The van der Waals surface area contributed by atoms with E-state index in [0.717, 1.165) is 4.90 Å². The first-order valence-corrected chi connectivity index (χ1v) is 8.00. The van der Waals surface area contributed by atoms with E-state index >= 15 is 0 Å². The van der Waals surface area contributed by atoms with E-state index in [2.05, 4.69) is 0 Å². The van der Waals surface area contributed by atoms with E-state index in [1.807, 2.05) is 22.6 Å². The van der Waals surface area contributed by atoms with Crippen molar-refractivity contribution in [1.82, 2.24) is 4.90 Å². The first-order chi connectivity index (χ1) is 11.0. The summed E-state index contributed by atoms with van der Waals surface area (Å²) in [5.74, 6) is -1.86. The lowest BCUT2D eigenvalue weighted by Gasteiger charge is -2.13. The van der Waals surface area contributed by atoms with Crippen molar-refractivity contribution in [3.8, 4) is 0 Å². The molecule has 0 fully saturated rings. The van der Waals surface area contributed by atoms with Crippen LogP contribution in [0.15, 0.2) is 42.5 Å². The smallest absolute Gasteiger partial charge is 0.261 e. The summed E-state index contributed by atoms with van der Waals surface area (Å²) >= 11 is 1.95. The van der Waals surface area contributed by atoms with E-state index in [4.69, 9.17) is 0 Å². The van der Waals surface area contributed by atoms with E-state index in [-0.39, 0.29) is 18.5 Å². The van der Waals surface area contributed by atoms with Gasteiger partial charge in [-0.05, 0) is 52.9 Å². The average Bonchev–Trinajstić information content (AvgIpc) is 2.77. The van der Waals surface area contributed by atoms with E-state index in [1.54, 1.807) is 30.3 Å². The third-order valence-corrected chi connectivity index (χ3v) is 4.34. The molecule has 0 saturated heterocycles. The topological polar surface area (TPSA) is 54.5 Å². The van der Waals surface area contributed by atoms with Crippen LogP contribution in [-0.4, -0.2) is 29.0 Å². The molecule has 2 aromatic rings. The van der Waals surface area contributed by atoms with Crippen LogP contribution in [0.2, 0.25) is 0 Å². The van der Waals surface area contributed by atoms with Crippen LogP contribution in [-0.2, 0) is 0 Å². The Morgan fingerprint density at radius 3 is 2.22 bits per heavy atom. The molecule has 0 unspecified atom stereocenters. The van der Waals surface area contributed by atoms with Crippen molar-refractivity contribution in [2.45, 2.75) is 6.42 Å². The Kier molecular flexibility index (Phi) is 4.25. The summed E-state index contributed by atoms with van der Waals surface area (Å²) in [4.78, 5) is 37.5. The summed E-state index contributed by atoms with van der Waals surface area (Å²) in [5.41, 5.74) is 0.651. The van der Waals surface area contributed by atoms with Crippen LogP contribution in [0.5, 0.6) is 0 Å². The maximum absolute atomic E-state index is 13.8. The molecule has 6 heteroatoms. The summed E-state index contributed by atoms with van der Waals surface area (Å²) in [6.07, 6.45) is -0.108. The molecule has 0 bridgehead atoms. The lowest BCUT2D eigenvalue weighted by molar-refractivity contribution is 0.0649. The van der Waals surface area contributed by atoms with Crippen molar-refractivity contribution in [2.24, 2.45) is 0 Å². The number of imide groups is 1. The van der Waals surface area contributed by atoms with E-state index in [1.165, 1.54) is 12.1 Å². The first-order valence-electron chi connectivity index (χ1n) is 6.92. The number of fused-ring (bicyclic) bond motifs is 1. The molecule has 1 heterocycles. The zero-order valence-electron chi connectivity index (χ0n) is 11.9. The van der Waals surface area contributed by atoms with Crippen molar-refractivity contribution >= 4 is 40.2 Å². The van der Waals surface area contributed by atoms with Gasteiger partial charge in [-0.15, -0.1) is 0 Å². The van der Waals surface area contributed by atoms with E-state index in [9.17, 15) is 18.8 Å². The van der Waals surface area contributed by atoms with Crippen LogP contribution in [0.3, 0.4) is 0 Å². The lowest BCUT2D eigenvalue weighted by atomic mass is 10.1. The van der Waals surface area contributed by atoms with Gasteiger partial charge in [-0.1, -0.05) is 12.1 Å². The average molecular weight is 423 g/mol. The van der Waals surface area contributed by atoms with Gasteiger partial charge in [0.1, 0.15) is 5.82 Å². The van der Waals surface area contributed by atoms with Crippen LogP contribution in [0.1, 0.15) is 37.5 Å². The molecular formula is C17H11FINO3. The fourth-order valence-corrected chi connectivity index (χ4v) is 2.96. The Labute approximate surface area is 145 Å². The van der Waals surface area contributed by atoms with Gasteiger partial charge in [0.15, 0.2) is 5.78 Å². The number of carbonyl (C=O) groups excluding carboxylic acids is 3. The highest BCUT2D eigenvalue weighted by molar-refractivity contribution is 14.1. The predicted octanol–water partition coefficient (Wildman–Crippen LogP) is 3.30. The quantitative estimate of drug-likeness (QED) is 0.431. The first kappa shape index (κ1) is 15.8. The van der Waals surface area contributed by atoms with Gasteiger partial charge in [-0.2, -0.15) is 0 Å². The van der Waals surface area contributed by atoms with Crippen molar-refractivity contribution in [3.63, 3.8) is 0 Å². The second-order valence-corrected chi connectivity index (χ2v) is 6.35. The normalized spacial score (nSPS) is 13.4. The van der Waals surface area contributed by atoms with Crippen molar-refractivity contribution in [3.05, 3.63) is 68.5 Å². The van der Waals surface area contributed by atoms with Gasteiger partial charge in [0.25, 0.3) is 11.8 Å². The number of nitrogens with zero attached hydrogens (tertiary/aromatic N) is 1. The number of carbonyl (C=O) groups is 3. The number of halogens is 2. The van der Waals surface area contributed by atoms with Gasteiger partial charge in [0.05, 0.1) is 16.7 Å². The summed E-state index contributed by atoms with van der Waals surface area (Å²) in [6, 6.07) is 10.8. The SMILES string of the molecule is O=C(CCN1C(=O)c2ccccc2C1=O)c1ccc(I)cc1F. The number of ketones is 1. The molecular weight excluding hydrogens is 412 g/mol. The van der Waals surface area contributed by atoms with Crippen molar-refractivity contribution in [2.75, 3.05) is 6.54 Å². The molecule has 0 spiro atoms. The zero-order chi connectivity index (χ0) is 16.6. The van der Waals surface area contributed by atoms with Gasteiger partial charge in [0.2, 0.25) is 0 Å². The van der Waals surface area contributed by atoms with Gasteiger partial charge < -0.3 is 0 Å². The third-order valence-electron chi connectivity index (χ3n) is 3.67. The van der Waals surface area contributed by atoms with Crippen LogP contribution in [0.25, 0.3) is 0 Å². The maximum atomic E-state index is 13.8. The highest BCUT2D eigenvalue weighted by Crippen LogP contribution is 2.23. The molecule has 1 aliphatic heterocycles. The second kappa shape index (κ2) is 6.19.